The van der Waals surface area contributed by atoms with E-state index in [9.17, 15) is 5.26 Å². The molecule has 13 heteroatoms. The molecule has 2 saturated heterocycles. The van der Waals surface area contributed by atoms with Crippen molar-refractivity contribution >= 4 is 57.5 Å². The van der Waals surface area contributed by atoms with E-state index in [1.807, 2.05) is 25.2 Å². The van der Waals surface area contributed by atoms with Crippen molar-refractivity contribution in [3.63, 3.8) is 0 Å². The molecule has 244 valence electrons. The molecule has 1 saturated carbocycles. The maximum Gasteiger partial charge on any atom is 0.229 e. The van der Waals surface area contributed by atoms with Gasteiger partial charge in [-0.05, 0) is 68.9 Å². The van der Waals surface area contributed by atoms with Crippen molar-refractivity contribution in [2.45, 2.75) is 37.0 Å². The summed E-state index contributed by atoms with van der Waals surface area (Å²) in [5, 5.41) is 17.3. The number of nitrogens with one attached hydrogen (secondary N) is 2. The van der Waals surface area contributed by atoms with Gasteiger partial charge < -0.3 is 29.5 Å². The van der Waals surface area contributed by atoms with Gasteiger partial charge in [-0.1, -0.05) is 0 Å². The number of hydrogen-bond acceptors (Lipinski definition) is 13. The average Bonchev–Trinajstić information content (AvgIpc) is 3.93. The van der Waals surface area contributed by atoms with Crippen molar-refractivity contribution in [3.8, 4) is 11.8 Å². The number of anilines is 6. The van der Waals surface area contributed by atoms with Crippen molar-refractivity contribution in [3.05, 3.63) is 54.5 Å². The molecule has 3 fully saturated rings. The van der Waals surface area contributed by atoms with Gasteiger partial charge in [-0.3, -0.25) is 14.9 Å². The van der Waals surface area contributed by atoms with Gasteiger partial charge in [-0.15, -0.1) is 0 Å². The summed E-state index contributed by atoms with van der Waals surface area (Å²) in [6, 6.07) is 13.0. The topological polar surface area (TPSA) is 122 Å². The Labute approximate surface area is 280 Å². The van der Waals surface area contributed by atoms with Crippen LogP contribution in [-0.2, 0) is 0 Å². The molecule has 2 aromatic carbocycles. The van der Waals surface area contributed by atoms with Crippen LogP contribution in [0.15, 0.2) is 48.9 Å². The average molecular weight is 652 g/mol. The highest BCUT2D eigenvalue weighted by molar-refractivity contribution is 8.01. The van der Waals surface area contributed by atoms with E-state index in [-0.39, 0.29) is 0 Å². The summed E-state index contributed by atoms with van der Waals surface area (Å²) < 4.78 is 7.96. The first-order chi connectivity index (χ1) is 23.0. The largest absolute Gasteiger partial charge is 0.494 e. The Bertz CT molecular complexity index is 1760. The molecule has 1 aliphatic carbocycles. The van der Waals surface area contributed by atoms with Crippen molar-refractivity contribution in [2.75, 3.05) is 80.3 Å². The summed E-state index contributed by atoms with van der Waals surface area (Å²) in [7, 11) is 5.93. The lowest BCUT2D eigenvalue weighted by Gasteiger charge is -2.42. The molecule has 0 atom stereocenters. The van der Waals surface area contributed by atoms with Crippen molar-refractivity contribution in [1.29, 1.82) is 5.26 Å². The van der Waals surface area contributed by atoms with Crippen LogP contribution in [-0.4, -0.2) is 102 Å². The monoisotopic (exact) mass is 651 g/mol. The Hall–Kier alpha value is -4.38. The fraction of sp³-hybridized carbons (Fsp3) is 0.441. The van der Waals surface area contributed by atoms with Crippen molar-refractivity contribution in [1.82, 2.24) is 29.7 Å². The maximum absolute atomic E-state index is 9.94. The Morgan fingerprint density at radius 3 is 2.45 bits per heavy atom. The Morgan fingerprint density at radius 2 is 1.70 bits per heavy atom. The summed E-state index contributed by atoms with van der Waals surface area (Å²) in [5.74, 6) is 1.46. The number of ether oxygens (including phenoxy) is 1. The van der Waals surface area contributed by atoms with Crippen LogP contribution in [0.25, 0.3) is 11.0 Å². The molecule has 2 aromatic heterocycles. The van der Waals surface area contributed by atoms with Crippen LogP contribution in [0.5, 0.6) is 5.75 Å². The zero-order chi connectivity index (χ0) is 32.3. The Morgan fingerprint density at radius 1 is 0.936 bits per heavy atom. The molecule has 4 heterocycles. The molecule has 0 spiro atoms. The first-order valence-electron chi connectivity index (χ1n) is 16.3. The summed E-state index contributed by atoms with van der Waals surface area (Å²) in [4.78, 5) is 25.9. The van der Waals surface area contributed by atoms with E-state index in [2.05, 4.69) is 69.8 Å². The van der Waals surface area contributed by atoms with Gasteiger partial charge in [-0.25, -0.2) is 4.98 Å². The fourth-order valence-corrected chi connectivity index (χ4v) is 7.50. The van der Waals surface area contributed by atoms with E-state index >= 15 is 0 Å². The number of aromatic nitrogens is 4. The molecule has 7 rings (SSSR count). The highest BCUT2D eigenvalue weighted by Crippen LogP contribution is 2.43. The van der Waals surface area contributed by atoms with Gasteiger partial charge in [0.2, 0.25) is 5.95 Å². The molecular weight excluding hydrogens is 611 g/mol. The minimum Gasteiger partial charge on any atom is -0.494 e. The van der Waals surface area contributed by atoms with E-state index in [0.717, 1.165) is 60.0 Å². The second kappa shape index (κ2) is 13.8. The lowest BCUT2D eigenvalue weighted by molar-refractivity contribution is 0.0982. The van der Waals surface area contributed by atoms with Crippen LogP contribution in [0.1, 0.15) is 31.2 Å². The number of piperidine rings is 1. The lowest BCUT2D eigenvalue weighted by atomic mass is 10.0. The SMILES string of the molecule is COc1cc(N2CCC(N3CCN(C)CC3)CC2)ccc1Nc1ncc(C#N)c(Nc2ccc3nccnc3c2N(C)SC2CC2)n1. The summed E-state index contributed by atoms with van der Waals surface area (Å²) >= 11 is 1.79. The van der Waals surface area contributed by atoms with E-state index in [1.54, 1.807) is 31.5 Å². The van der Waals surface area contributed by atoms with Crippen LogP contribution in [0.3, 0.4) is 0 Å². The normalized spacial score (nSPS) is 17.8. The van der Waals surface area contributed by atoms with E-state index in [0.29, 0.717) is 34.4 Å². The quantitative estimate of drug-likeness (QED) is 0.217. The molecule has 0 unspecified atom stereocenters. The molecule has 2 aliphatic heterocycles. The zero-order valence-corrected chi connectivity index (χ0v) is 28.0. The highest BCUT2D eigenvalue weighted by atomic mass is 32.2. The zero-order valence-electron chi connectivity index (χ0n) is 27.2. The number of nitrogens with zero attached hydrogens (tertiary/aromatic N) is 9. The van der Waals surface area contributed by atoms with Gasteiger partial charge in [0.1, 0.15) is 22.9 Å². The minimum absolute atomic E-state index is 0.334. The third-order valence-corrected chi connectivity index (χ3v) is 10.5. The number of nitriles is 1. The van der Waals surface area contributed by atoms with Crippen LogP contribution < -0.4 is 24.6 Å². The second-order valence-electron chi connectivity index (χ2n) is 12.4. The number of benzene rings is 2. The molecule has 47 heavy (non-hydrogen) atoms. The van der Waals surface area contributed by atoms with Gasteiger partial charge in [0, 0.05) is 81.8 Å². The lowest BCUT2D eigenvalue weighted by Crippen LogP contribution is -2.52. The van der Waals surface area contributed by atoms with E-state index in [4.69, 9.17) is 9.72 Å². The molecule has 3 aliphatic rings. The van der Waals surface area contributed by atoms with Gasteiger partial charge in [0.05, 0.1) is 35.9 Å². The van der Waals surface area contributed by atoms with Gasteiger partial charge in [0.25, 0.3) is 0 Å². The number of likely N-dealkylation sites (N-methyl/N-ethyl adjacent to an activating group) is 1. The third kappa shape index (κ3) is 7.00. The smallest absolute Gasteiger partial charge is 0.229 e. The maximum atomic E-state index is 9.94. The number of fused-ring (bicyclic) bond motifs is 1. The summed E-state index contributed by atoms with van der Waals surface area (Å²) in [6.45, 7) is 6.69. The standard InChI is InChI=1S/C34H41N11OS/c1-42-16-18-45(19-17-42)24-10-14-44(15-11-24)25-4-7-27(30(20-25)46-3)40-34-38-22-23(21-35)33(41-34)39-29-9-8-28-31(37-13-12-36-28)32(29)43(2)47-26-5-6-26/h4,7-9,12-13,20,22,24,26H,5-6,10-11,14-19H2,1-3H3,(H2,38,39,40,41). The first kappa shape index (κ1) is 31.2. The first-order valence-corrected chi connectivity index (χ1v) is 17.1. The van der Waals surface area contributed by atoms with Crippen molar-refractivity contribution < 1.29 is 4.74 Å². The third-order valence-electron chi connectivity index (χ3n) is 9.24. The Balaban J connectivity index is 1.08. The van der Waals surface area contributed by atoms with Crippen LogP contribution in [0, 0.1) is 11.3 Å². The molecular formula is C34H41N11OS. The van der Waals surface area contributed by atoms with Crippen LogP contribution >= 0.6 is 11.9 Å². The van der Waals surface area contributed by atoms with Gasteiger partial charge in [-0.2, -0.15) is 10.2 Å². The molecule has 0 amide bonds. The summed E-state index contributed by atoms with van der Waals surface area (Å²) in [6.07, 6.45) is 9.67. The second-order valence-corrected chi connectivity index (χ2v) is 13.9. The molecule has 4 aromatic rings. The predicted molar refractivity (Wildman–Crippen MR) is 189 cm³/mol. The minimum atomic E-state index is 0.334. The number of hydrogen-bond donors (Lipinski definition) is 2. The Kier molecular flexibility index (Phi) is 9.15. The van der Waals surface area contributed by atoms with E-state index < -0.39 is 0 Å². The van der Waals surface area contributed by atoms with Crippen LogP contribution in [0.2, 0.25) is 0 Å². The number of rotatable bonds is 10. The van der Waals surface area contributed by atoms with Gasteiger partial charge >= 0.3 is 0 Å². The van der Waals surface area contributed by atoms with Gasteiger partial charge in [0.15, 0.2) is 5.82 Å². The predicted octanol–water partition coefficient (Wildman–Crippen LogP) is 5.25. The molecule has 0 bridgehead atoms. The van der Waals surface area contributed by atoms with Crippen molar-refractivity contribution in [2.24, 2.45) is 0 Å². The fourth-order valence-electron chi connectivity index (χ4n) is 6.41. The summed E-state index contributed by atoms with van der Waals surface area (Å²) in [5.41, 5.74) is 5.50. The van der Waals surface area contributed by atoms with Crippen LogP contribution in [0.4, 0.5) is 34.5 Å². The molecule has 12 nitrogen and oxygen atoms in total. The highest BCUT2D eigenvalue weighted by Gasteiger charge is 2.28. The number of piperazine rings is 1. The van der Waals surface area contributed by atoms with E-state index in [1.165, 1.54) is 45.0 Å². The number of methoxy groups -OCH3 is 1. The molecule has 0 radical (unpaired) electrons. The molecule has 2 N–H and O–H groups in total.